The van der Waals surface area contributed by atoms with Crippen molar-refractivity contribution in [3.05, 3.63) is 95.9 Å². The van der Waals surface area contributed by atoms with Gasteiger partial charge in [0, 0.05) is 37.6 Å². The Morgan fingerprint density at radius 3 is 2.31 bits per heavy atom. The number of hydrogen-bond acceptors (Lipinski definition) is 6. The number of carbonyl (C=O) groups is 3. The maximum Gasteiger partial charge on any atom is 0.253 e. The number of nitrogens with zero attached hydrogens (tertiary/aromatic N) is 4. The van der Waals surface area contributed by atoms with Crippen LogP contribution in [0.4, 0.5) is 5.69 Å². The van der Waals surface area contributed by atoms with Crippen molar-refractivity contribution >= 4 is 34.1 Å². The summed E-state index contributed by atoms with van der Waals surface area (Å²) in [6.45, 7) is 0.247. The van der Waals surface area contributed by atoms with Gasteiger partial charge < -0.3 is 14.5 Å². The van der Waals surface area contributed by atoms with Gasteiger partial charge in [0.25, 0.3) is 5.91 Å². The standard InChI is InChI=1S/C28H26N4O4/c1-31(2)28(35)21-10-12-23(13-11-21)32(18-19-8-9-20-6-4-5-7-22(20)16-19)26(34)17-24(33)27-29-15-14-25(30-27)36-3/h4-16H,17-18H2,1-3H3. The lowest BCUT2D eigenvalue weighted by Crippen LogP contribution is -2.32. The second-order valence-electron chi connectivity index (χ2n) is 8.43. The summed E-state index contributed by atoms with van der Waals surface area (Å²) in [5.41, 5.74) is 1.98. The third-order valence-corrected chi connectivity index (χ3v) is 5.69. The number of benzene rings is 3. The summed E-state index contributed by atoms with van der Waals surface area (Å²) in [6.07, 6.45) is 0.996. The quantitative estimate of drug-likeness (QED) is 0.277. The number of methoxy groups -OCH3 is 1. The summed E-state index contributed by atoms with van der Waals surface area (Å²) in [4.78, 5) is 49.6. The Balaban J connectivity index is 1.63. The number of carbonyl (C=O) groups excluding carboxylic acids is 3. The first-order valence-electron chi connectivity index (χ1n) is 11.4. The summed E-state index contributed by atoms with van der Waals surface area (Å²) >= 11 is 0. The lowest BCUT2D eigenvalue weighted by molar-refractivity contribution is -0.117. The van der Waals surface area contributed by atoms with Crippen LogP contribution in [0, 0.1) is 0 Å². The van der Waals surface area contributed by atoms with E-state index >= 15 is 0 Å². The Bertz CT molecular complexity index is 1420. The van der Waals surface area contributed by atoms with Gasteiger partial charge in [-0.25, -0.2) is 4.98 Å². The van der Waals surface area contributed by atoms with Crippen LogP contribution in [-0.4, -0.2) is 53.7 Å². The number of aromatic nitrogens is 2. The fourth-order valence-electron chi connectivity index (χ4n) is 3.79. The fraction of sp³-hybridized carbons (Fsp3) is 0.179. The van der Waals surface area contributed by atoms with Crippen molar-refractivity contribution in [3.63, 3.8) is 0 Å². The van der Waals surface area contributed by atoms with E-state index in [1.807, 2.05) is 42.5 Å². The van der Waals surface area contributed by atoms with Crippen molar-refractivity contribution in [2.45, 2.75) is 13.0 Å². The maximum absolute atomic E-state index is 13.4. The molecule has 0 unspecified atom stereocenters. The highest BCUT2D eigenvalue weighted by Crippen LogP contribution is 2.23. The minimum atomic E-state index is -0.512. The molecule has 0 atom stereocenters. The largest absolute Gasteiger partial charge is 0.481 e. The van der Waals surface area contributed by atoms with E-state index in [4.69, 9.17) is 4.74 Å². The normalized spacial score (nSPS) is 10.6. The van der Waals surface area contributed by atoms with Crippen LogP contribution in [0.3, 0.4) is 0 Å². The molecule has 0 aliphatic heterocycles. The fourth-order valence-corrected chi connectivity index (χ4v) is 3.79. The van der Waals surface area contributed by atoms with Gasteiger partial charge in [-0.3, -0.25) is 14.4 Å². The number of amides is 2. The van der Waals surface area contributed by atoms with Crippen LogP contribution in [0.1, 0.15) is 33.0 Å². The van der Waals surface area contributed by atoms with Gasteiger partial charge in [0.1, 0.15) is 0 Å². The summed E-state index contributed by atoms with van der Waals surface area (Å²) in [6, 6.07) is 22.2. The zero-order valence-corrected chi connectivity index (χ0v) is 20.3. The number of anilines is 1. The molecular formula is C28H26N4O4. The van der Waals surface area contributed by atoms with Crippen molar-refractivity contribution in [2.75, 3.05) is 26.1 Å². The highest BCUT2D eigenvalue weighted by atomic mass is 16.5. The molecule has 0 N–H and O–H groups in total. The highest BCUT2D eigenvalue weighted by molar-refractivity contribution is 6.10. The third-order valence-electron chi connectivity index (χ3n) is 5.69. The zero-order valence-electron chi connectivity index (χ0n) is 20.3. The van der Waals surface area contributed by atoms with Crippen molar-refractivity contribution in [1.29, 1.82) is 0 Å². The molecule has 4 rings (SSSR count). The lowest BCUT2D eigenvalue weighted by Gasteiger charge is -2.23. The molecule has 1 aromatic heterocycles. The molecule has 0 aliphatic rings. The van der Waals surface area contributed by atoms with E-state index in [1.54, 1.807) is 38.4 Å². The van der Waals surface area contributed by atoms with Gasteiger partial charge in [-0.2, -0.15) is 4.98 Å². The van der Waals surface area contributed by atoms with Gasteiger partial charge in [-0.15, -0.1) is 0 Å². The number of fused-ring (bicyclic) bond motifs is 1. The van der Waals surface area contributed by atoms with Crippen LogP contribution in [-0.2, 0) is 11.3 Å². The Morgan fingerprint density at radius 1 is 0.889 bits per heavy atom. The molecule has 0 fully saturated rings. The molecule has 8 heteroatoms. The van der Waals surface area contributed by atoms with E-state index in [9.17, 15) is 14.4 Å². The SMILES string of the molecule is COc1ccnc(C(=O)CC(=O)N(Cc2ccc3ccccc3c2)c2ccc(C(=O)N(C)C)cc2)n1. The summed E-state index contributed by atoms with van der Waals surface area (Å²) in [5.74, 6) is -0.900. The number of ketones is 1. The molecule has 0 radical (unpaired) electrons. The Kier molecular flexibility index (Phi) is 7.34. The molecule has 0 saturated heterocycles. The van der Waals surface area contributed by atoms with Crippen LogP contribution >= 0.6 is 0 Å². The molecule has 0 bridgehead atoms. The second kappa shape index (κ2) is 10.8. The highest BCUT2D eigenvalue weighted by Gasteiger charge is 2.23. The maximum atomic E-state index is 13.4. The summed E-state index contributed by atoms with van der Waals surface area (Å²) in [7, 11) is 4.80. The van der Waals surface area contributed by atoms with Crippen LogP contribution in [0.25, 0.3) is 10.8 Å². The number of rotatable bonds is 8. The summed E-state index contributed by atoms with van der Waals surface area (Å²) in [5, 5.41) is 2.14. The molecule has 3 aromatic carbocycles. The average molecular weight is 483 g/mol. The van der Waals surface area contributed by atoms with Crippen molar-refractivity contribution < 1.29 is 19.1 Å². The molecule has 36 heavy (non-hydrogen) atoms. The predicted octanol–water partition coefficient (Wildman–Crippen LogP) is 4.15. The summed E-state index contributed by atoms with van der Waals surface area (Å²) < 4.78 is 5.06. The topological polar surface area (TPSA) is 92.7 Å². The van der Waals surface area contributed by atoms with Crippen LogP contribution < -0.4 is 9.64 Å². The molecule has 4 aromatic rings. The monoisotopic (exact) mass is 482 g/mol. The predicted molar refractivity (Wildman–Crippen MR) is 137 cm³/mol. The molecule has 182 valence electrons. The van der Waals surface area contributed by atoms with Gasteiger partial charge in [0.2, 0.25) is 17.6 Å². The van der Waals surface area contributed by atoms with Gasteiger partial charge in [-0.05, 0) is 46.7 Å². The number of hydrogen-bond donors (Lipinski definition) is 0. The molecule has 0 spiro atoms. The van der Waals surface area contributed by atoms with E-state index in [1.165, 1.54) is 29.2 Å². The zero-order chi connectivity index (χ0) is 25.7. The van der Waals surface area contributed by atoms with E-state index < -0.39 is 18.1 Å². The molecule has 8 nitrogen and oxygen atoms in total. The molecule has 0 saturated carbocycles. The van der Waals surface area contributed by atoms with E-state index in [0.29, 0.717) is 11.3 Å². The van der Waals surface area contributed by atoms with Crippen molar-refractivity contribution in [3.8, 4) is 5.88 Å². The van der Waals surface area contributed by atoms with Crippen molar-refractivity contribution in [1.82, 2.24) is 14.9 Å². The first-order chi connectivity index (χ1) is 17.4. The van der Waals surface area contributed by atoms with E-state index in [0.717, 1.165) is 16.3 Å². The van der Waals surface area contributed by atoms with E-state index in [2.05, 4.69) is 9.97 Å². The minimum Gasteiger partial charge on any atom is -0.481 e. The smallest absolute Gasteiger partial charge is 0.253 e. The van der Waals surface area contributed by atoms with Gasteiger partial charge in [-0.1, -0.05) is 36.4 Å². The van der Waals surface area contributed by atoms with Crippen LogP contribution in [0.15, 0.2) is 79.0 Å². The van der Waals surface area contributed by atoms with Gasteiger partial charge in [0.05, 0.1) is 20.1 Å². The minimum absolute atomic E-state index is 0.0831. The average Bonchev–Trinajstić information content (AvgIpc) is 2.91. The Labute approximate surface area is 209 Å². The first-order valence-corrected chi connectivity index (χ1v) is 11.4. The first kappa shape index (κ1) is 24.5. The van der Waals surface area contributed by atoms with Crippen LogP contribution in [0.2, 0.25) is 0 Å². The molecule has 1 heterocycles. The molecule has 2 amide bonds. The Morgan fingerprint density at radius 2 is 1.61 bits per heavy atom. The second-order valence-corrected chi connectivity index (χ2v) is 8.43. The number of Topliss-reactive ketones (excluding diaryl/α,β-unsaturated/α-hetero) is 1. The van der Waals surface area contributed by atoms with Gasteiger partial charge in [0.15, 0.2) is 5.82 Å². The van der Waals surface area contributed by atoms with Crippen LogP contribution in [0.5, 0.6) is 5.88 Å². The molecular weight excluding hydrogens is 456 g/mol. The number of ether oxygens (including phenoxy) is 1. The van der Waals surface area contributed by atoms with Gasteiger partial charge >= 0.3 is 0 Å². The third kappa shape index (κ3) is 5.55. The van der Waals surface area contributed by atoms with E-state index in [-0.39, 0.29) is 24.2 Å². The Hall–Kier alpha value is -4.59. The van der Waals surface area contributed by atoms with Crippen molar-refractivity contribution in [2.24, 2.45) is 0 Å². The molecule has 0 aliphatic carbocycles. The lowest BCUT2D eigenvalue weighted by atomic mass is 10.1.